The molecule has 12 nitrogen and oxygen atoms in total. The van der Waals surface area contributed by atoms with Crippen LogP contribution < -0.4 is 5.32 Å². The van der Waals surface area contributed by atoms with Crippen molar-refractivity contribution in [1.82, 2.24) is 49.9 Å². The molecule has 0 aliphatic rings. The van der Waals surface area contributed by atoms with Crippen molar-refractivity contribution in [2.45, 2.75) is 13.0 Å². The number of fused-ring (bicyclic) bond motifs is 2. The van der Waals surface area contributed by atoms with Crippen LogP contribution in [0.3, 0.4) is 0 Å². The van der Waals surface area contributed by atoms with E-state index in [-0.39, 0.29) is 14.5 Å². The molecule has 1 amide bonds. The number of aromatic amines is 1. The van der Waals surface area contributed by atoms with E-state index in [2.05, 4.69) is 45.4 Å². The van der Waals surface area contributed by atoms with Gasteiger partial charge in [0.05, 0.1) is 18.6 Å². The standard InChI is InChI=1S/C17H14N10O2.2H2/c1-8(23-17(28)12-13-16(21-6-19-12)22-7-27(13)2)11-3-9(26-29-11)15-24-10-4-18-5-20-14(10)25-15;;/h3-8H,1-2H3,(H,23,28)(H,18,20,24,25);2*1H/t8-;;/m1../s1. The van der Waals surface area contributed by atoms with Crippen LogP contribution in [0.1, 0.15) is 32.1 Å². The van der Waals surface area contributed by atoms with Gasteiger partial charge in [-0.05, 0) is 6.92 Å². The van der Waals surface area contributed by atoms with Crippen LogP contribution in [-0.4, -0.2) is 50.5 Å². The normalized spacial score (nSPS) is 12.5. The minimum atomic E-state index is -0.453. The summed E-state index contributed by atoms with van der Waals surface area (Å²) in [4.78, 5) is 40.5. The number of amides is 1. The molecular weight excluding hydrogens is 376 g/mol. The molecule has 2 N–H and O–H groups in total. The smallest absolute Gasteiger partial charge is 0.272 e. The van der Waals surface area contributed by atoms with E-state index in [0.29, 0.717) is 39.6 Å². The van der Waals surface area contributed by atoms with Crippen LogP contribution in [-0.2, 0) is 7.05 Å². The van der Waals surface area contributed by atoms with Gasteiger partial charge in [0.1, 0.15) is 29.4 Å². The number of aromatic nitrogens is 9. The van der Waals surface area contributed by atoms with E-state index in [4.69, 9.17) is 4.52 Å². The lowest BCUT2D eigenvalue weighted by Crippen LogP contribution is -2.27. The van der Waals surface area contributed by atoms with Crippen LogP contribution in [0.25, 0.3) is 33.8 Å². The second kappa shape index (κ2) is 6.44. The third-order valence-electron chi connectivity index (χ3n) is 4.43. The maximum absolute atomic E-state index is 12.7. The van der Waals surface area contributed by atoms with Crippen molar-refractivity contribution < 1.29 is 12.2 Å². The first-order chi connectivity index (χ1) is 14.1. The molecule has 0 unspecified atom stereocenters. The average Bonchev–Trinajstić information content (AvgIpc) is 3.45. The van der Waals surface area contributed by atoms with Gasteiger partial charge < -0.3 is 19.4 Å². The van der Waals surface area contributed by atoms with Crippen LogP contribution in [0.15, 0.2) is 35.8 Å². The number of carbonyl (C=O) groups excluding carboxylic acids is 1. The fraction of sp³-hybridized carbons (Fsp3) is 0.176. The zero-order chi connectivity index (χ0) is 20.0. The summed E-state index contributed by atoms with van der Waals surface area (Å²) in [5.41, 5.74) is 2.96. The fourth-order valence-electron chi connectivity index (χ4n) is 2.98. The molecule has 5 aromatic rings. The summed E-state index contributed by atoms with van der Waals surface area (Å²) in [7, 11) is 1.78. The summed E-state index contributed by atoms with van der Waals surface area (Å²) in [6, 6.07) is 1.25. The third-order valence-corrected chi connectivity index (χ3v) is 4.43. The first kappa shape index (κ1) is 16.9. The summed E-state index contributed by atoms with van der Waals surface area (Å²) in [5, 5.41) is 6.89. The Bertz CT molecular complexity index is 1330. The highest BCUT2D eigenvalue weighted by molar-refractivity contribution is 6.02. The zero-order valence-corrected chi connectivity index (χ0v) is 15.4. The van der Waals surface area contributed by atoms with E-state index < -0.39 is 6.04 Å². The second-order valence-electron chi connectivity index (χ2n) is 6.41. The predicted molar refractivity (Wildman–Crippen MR) is 104 cm³/mol. The quantitative estimate of drug-likeness (QED) is 0.463. The molecule has 0 aromatic carbocycles. The Balaban J connectivity index is 0.00000136. The largest absolute Gasteiger partial charge is 0.358 e. The van der Waals surface area contributed by atoms with Crippen LogP contribution in [0, 0.1) is 0 Å². The van der Waals surface area contributed by atoms with Crippen LogP contribution in [0.2, 0.25) is 0 Å². The minimum Gasteiger partial charge on any atom is -0.358 e. The van der Waals surface area contributed by atoms with Gasteiger partial charge in [0.25, 0.3) is 5.91 Å². The minimum absolute atomic E-state index is 0. The number of imidazole rings is 2. The lowest BCUT2D eigenvalue weighted by molar-refractivity contribution is 0.0930. The van der Waals surface area contributed by atoms with Crippen molar-refractivity contribution in [3.8, 4) is 11.5 Å². The van der Waals surface area contributed by atoms with Crippen molar-refractivity contribution in [1.29, 1.82) is 0 Å². The third kappa shape index (κ3) is 2.86. The van der Waals surface area contributed by atoms with E-state index in [1.54, 1.807) is 37.1 Å². The molecule has 5 heterocycles. The summed E-state index contributed by atoms with van der Waals surface area (Å²) in [5.74, 6) is 0.599. The first-order valence-electron chi connectivity index (χ1n) is 8.66. The van der Waals surface area contributed by atoms with Gasteiger partial charge in [0, 0.05) is 16.0 Å². The number of hydrogen-bond donors (Lipinski definition) is 2. The monoisotopic (exact) mass is 394 g/mol. The van der Waals surface area contributed by atoms with Crippen LogP contribution in [0.5, 0.6) is 0 Å². The van der Waals surface area contributed by atoms with Crippen molar-refractivity contribution >= 4 is 28.2 Å². The van der Waals surface area contributed by atoms with Gasteiger partial charge in [0.15, 0.2) is 28.6 Å². The molecule has 0 aliphatic carbocycles. The topological polar surface area (TPSA) is 153 Å². The highest BCUT2D eigenvalue weighted by atomic mass is 16.5. The molecule has 0 aliphatic heterocycles. The maximum atomic E-state index is 12.7. The molecule has 0 bridgehead atoms. The number of H-pyrrole nitrogens is 1. The molecule has 0 fully saturated rings. The Morgan fingerprint density at radius 2 is 2.10 bits per heavy atom. The predicted octanol–water partition coefficient (Wildman–Crippen LogP) is 1.67. The van der Waals surface area contributed by atoms with Crippen molar-refractivity contribution in [2.75, 3.05) is 0 Å². The summed E-state index contributed by atoms with van der Waals surface area (Å²) < 4.78 is 7.10. The Kier molecular flexibility index (Phi) is 3.76. The molecule has 148 valence electrons. The van der Waals surface area contributed by atoms with Crippen LogP contribution >= 0.6 is 0 Å². The Hall–Kier alpha value is -4.22. The van der Waals surface area contributed by atoms with E-state index in [1.165, 1.54) is 12.7 Å². The van der Waals surface area contributed by atoms with E-state index in [1.807, 2.05) is 0 Å². The number of nitrogens with one attached hydrogen (secondary N) is 2. The molecule has 29 heavy (non-hydrogen) atoms. The molecule has 0 saturated carbocycles. The van der Waals surface area contributed by atoms with Crippen molar-refractivity contribution in [2.24, 2.45) is 7.05 Å². The lowest BCUT2D eigenvalue weighted by Gasteiger charge is -2.10. The fourth-order valence-corrected chi connectivity index (χ4v) is 2.98. The van der Waals surface area contributed by atoms with Gasteiger partial charge in [-0.3, -0.25) is 4.79 Å². The van der Waals surface area contributed by atoms with Gasteiger partial charge in [-0.25, -0.2) is 29.9 Å². The molecule has 0 saturated heterocycles. The highest BCUT2D eigenvalue weighted by Gasteiger charge is 2.21. The lowest BCUT2D eigenvalue weighted by atomic mass is 10.2. The van der Waals surface area contributed by atoms with Gasteiger partial charge in [0.2, 0.25) is 0 Å². The van der Waals surface area contributed by atoms with E-state index in [9.17, 15) is 4.79 Å². The summed E-state index contributed by atoms with van der Waals surface area (Å²) >= 11 is 0. The Morgan fingerprint density at radius 1 is 1.24 bits per heavy atom. The molecule has 0 radical (unpaired) electrons. The molecule has 0 spiro atoms. The van der Waals surface area contributed by atoms with Gasteiger partial charge in [-0.1, -0.05) is 5.16 Å². The van der Waals surface area contributed by atoms with E-state index in [0.717, 1.165) is 0 Å². The Morgan fingerprint density at radius 3 is 2.97 bits per heavy atom. The number of nitrogens with zero attached hydrogens (tertiary/aromatic N) is 8. The van der Waals surface area contributed by atoms with Crippen molar-refractivity contribution in [3.63, 3.8) is 0 Å². The zero-order valence-electron chi connectivity index (χ0n) is 15.4. The van der Waals surface area contributed by atoms with Gasteiger partial charge in [-0.2, -0.15) is 0 Å². The first-order valence-corrected chi connectivity index (χ1v) is 8.66. The summed E-state index contributed by atoms with van der Waals surface area (Å²) in [6.07, 6.45) is 5.95. The van der Waals surface area contributed by atoms with Crippen molar-refractivity contribution in [3.05, 3.63) is 42.7 Å². The molecule has 12 heteroatoms. The SMILES string of the molecule is C[C@@H](NC(=O)c1ncnc2ncn(C)c12)c1cc(-c2nc3ncncc3[nH]2)no1.[HH].[HH]. The van der Waals surface area contributed by atoms with Gasteiger partial charge in [-0.15, -0.1) is 0 Å². The summed E-state index contributed by atoms with van der Waals surface area (Å²) in [6.45, 7) is 1.79. The number of aryl methyl sites for hydroxylation is 1. The average molecular weight is 394 g/mol. The number of rotatable bonds is 4. The number of carbonyl (C=O) groups is 1. The molecule has 5 rings (SSSR count). The van der Waals surface area contributed by atoms with E-state index >= 15 is 0 Å². The molecule has 5 aromatic heterocycles. The van der Waals surface area contributed by atoms with Crippen LogP contribution in [0.4, 0.5) is 0 Å². The Labute approximate surface area is 165 Å². The second-order valence-corrected chi connectivity index (χ2v) is 6.41. The maximum Gasteiger partial charge on any atom is 0.272 e. The highest BCUT2D eigenvalue weighted by Crippen LogP contribution is 2.22. The molecule has 1 atom stereocenters. The van der Waals surface area contributed by atoms with Gasteiger partial charge >= 0.3 is 0 Å². The number of hydrogen-bond acceptors (Lipinski definition) is 9. The molecular formula is C17H18N10O2.